The Morgan fingerprint density at radius 3 is 2.40 bits per heavy atom. The Bertz CT molecular complexity index is 539. The van der Waals surface area contributed by atoms with Crippen LogP contribution in [0.15, 0.2) is 30.6 Å². The standard InChI is InChI=1S/C13H15ClN6/c14-12-3-2-11(17-18-12)10-19-6-8-20(9-7-19)13-15-4-1-5-16-13/h1-5H,6-10H2. The maximum Gasteiger partial charge on any atom is 0.225 e. The largest absolute Gasteiger partial charge is 0.338 e. The van der Waals surface area contributed by atoms with Gasteiger partial charge < -0.3 is 4.90 Å². The predicted octanol–water partition coefficient (Wildman–Crippen LogP) is 1.24. The van der Waals surface area contributed by atoms with Crippen molar-refractivity contribution in [2.24, 2.45) is 0 Å². The van der Waals surface area contributed by atoms with E-state index in [1.165, 1.54) is 0 Å². The smallest absolute Gasteiger partial charge is 0.225 e. The molecule has 0 amide bonds. The Hall–Kier alpha value is -1.79. The molecule has 0 bridgehead atoms. The lowest BCUT2D eigenvalue weighted by Gasteiger charge is -2.34. The molecule has 3 heterocycles. The van der Waals surface area contributed by atoms with Gasteiger partial charge in [-0.3, -0.25) is 4.90 Å². The quantitative estimate of drug-likeness (QED) is 0.848. The molecule has 1 aliphatic heterocycles. The molecule has 6 nitrogen and oxygen atoms in total. The first-order chi connectivity index (χ1) is 9.81. The lowest BCUT2D eigenvalue weighted by molar-refractivity contribution is 0.245. The van der Waals surface area contributed by atoms with Gasteiger partial charge in [-0.1, -0.05) is 11.6 Å². The lowest BCUT2D eigenvalue weighted by atomic mass is 10.3. The lowest BCUT2D eigenvalue weighted by Crippen LogP contribution is -2.46. The molecule has 0 N–H and O–H groups in total. The van der Waals surface area contributed by atoms with Crippen LogP contribution in [-0.2, 0) is 6.54 Å². The third-order valence-electron chi connectivity index (χ3n) is 3.28. The predicted molar refractivity (Wildman–Crippen MR) is 76.6 cm³/mol. The van der Waals surface area contributed by atoms with Crippen molar-refractivity contribution in [2.45, 2.75) is 6.54 Å². The Morgan fingerprint density at radius 2 is 1.75 bits per heavy atom. The molecule has 104 valence electrons. The number of nitrogens with zero attached hydrogens (tertiary/aromatic N) is 6. The first kappa shape index (κ1) is 13.2. The Balaban J connectivity index is 1.55. The van der Waals surface area contributed by atoms with E-state index in [2.05, 4.69) is 30.0 Å². The van der Waals surface area contributed by atoms with Crippen LogP contribution in [0.1, 0.15) is 5.69 Å². The highest BCUT2D eigenvalue weighted by atomic mass is 35.5. The molecule has 0 atom stereocenters. The summed E-state index contributed by atoms with van der Waals surface area (Å²) >= 11 is 5.73. The summed E-state index contributed by atoms with van der Waals surface area (Å²) in [6.45, 7) is 4.56. The van der Waals surface area contributed by atoms with Crippen molar-refractivity contribution in [1.29, 1.82) is 0 Å². The van der Waals surface area contributed by atoms with Gasteiger partial charge >= 0.3 is 0 Å². The number of piperazine rings is 1. The number of aromatic nitrogens is 4. The van der Waals surface area contributed by atoms with Gasteiger partial charge in [-0.25, -0.2) is 9.97 Å². The second-order valence-corrected chi connectivity index (χ2v) is 5.05. The summed E-state index contributed by atoms with van der Waals surface area (Å²) in [5.41, 5.74) is 0.943. The molecule has 1 fully saturated rings. The topological polar surface area (TPSA) is 58.0 Å². The molecule has 7 heteroatoms. The summed E-state index contributed by atoms with van der Waals surface area (Å²) in [6.07, 6.45) is 3.55. The van der Waals surface area contributed by atoms with E-state index in [0.717, 1.165) is 44.4 Å². The minimum Gasteiger partial charge on any atom is -0.338 e. The summed E-state index contributed by atoms with van der Waals surface area (Å²) in [6, 6.07) is 5.53. The third-order valence-corrected chi connectivity index (χ3v) is 3.48. The fourth-order valence-electron chi connectivity index (χ4n) is 2.22. The molecule has 0 aliphatic carbocycles. The SMILES string of the molecule is Clc1ccc(CN2CCN(c3ncccn3)CC2)nn1. The van der Waals surface area contributed by atoms with Crippen LogP contribution in [0.2, 0.25) is 5.15 Å². The summed E-state index contributed by atoms with van der Waals surface area (Å²) in [4.78, 5) is 13.1. The van der Waals surface area contributed by atoms with Crippen LogP contribution >= 0.6 is 11.6 Å². The molecule has 0 saturated carbocycles. The minimum absolute atomic E-state index is 0.430. The van der Waals surface area contributed by atoms with Crippen LogP contribution in [0.25, 0.3) is 0 Å². The fraction of sp³-hybridized carbons (Fsp3) is 0.385. The molecular weight excluding hydrogens is 276 g/mol. The van der Waals surface area contributed by atoms with Crippen molar-refractivity contribution in [1.82, 2.24) is 25.1 Å². The number of hydrogen-bond donors (Lipinski definition) is 0. The number of hydrogen-bond acceptors (Lipinski definition) is 6. The second kappa shape index (κ2) is 6.11. The molecule has 2 aromatic rings. The van der Waals surface area contributed by atoms with Gasteiger partial charge in [-0.05, 0) is 18.2 Å². The molecule has 0 spiro atoms. The highest BCUT2D eigenvalue weighted by molar-refractivity contribution is 6.29. The van der Waals surface area contributed by atoms with Gasteiger partial charge in [0.1, 0.15) is 0 Å². The van der Waals surface area contributed by atoms with E-state index in [4.69, 9.17) is 11.6 Å². The zero-order valence-corrected chi connectivity index (χ0v) is 11.7. The molecule has 1 aliphatic rings. The van der Waals surface area contributed by atoms with Crippen molar-refractivity contribution >= 4 is 17.5 Å². The Morgan fingerprint density at radius 1 is 1.00 bits per heavy atom. The van der Waals surface area contributed by atoms with Crippen LogP contribution in [0.4, 0.5) is 5.95 Å². The van der Waals surface area contributed by atoms with Crippen molar-refractivity contribution in [2.75, 3.05) is 31.1 Å². The monoisotopic (exact) mass is 290 g/mol. The minimum atomic E-state index is 0.430. The van der Waals surface area contributed by atoms with Crippen molar-refractivity contribution in [3.8, 4) is 0 Å². The average Bonchev–Trinajstić information content (AvgIpc) is 2.51. The zero-order valence-electron chi connectivity index (χ0n) is 11.0. The Kier molecular flexibility index (Phi) is 4.03. The van der Waals surface area contributed by atoms with E-state index in [1.54, 1.807) is 18.5 Å². The van der Waals surface area contributed by atoms with Crippen LogP contribution in [-0.4, -0.2) is 51.2 Å². The van der Waals surface area contributed by atoms with E-state index >= 15 is 0 Å². The maximum absolute atomic E-state index is 5.73. The van der Waals surface area contributed by atoms with Crippen LogP contribution < -0.4 is 4.90 Å². The third kappa shape index (κ3) is 3.20. The summed E-state index contributed by atoms with van der Waals surface area (Å²) in [5, 5.41) is 8.38. The molecular formula is C13H15ClN6. The van der Waals surface area contributed by atoms with Gasteiger partial charge in [0.05, 0.1) is 5.69 Å². The second-order valence-electron chi connectivity index (χ2n) is 4.66. The number of anilines is 1. The van der Waals surface area contributed by atoms with E-state index in [1.807, 2.05) is 12.1 Å². The van der Waals surface area contributed by atoms with Crippen molar-refractivity contribution in [3.63, 3.8) is 0 Å². The van der Waals surface area contributed by atoms with Gasteiger partial charge in [-0.15, -0.1) is 5.10 Å². The van der Waals surface area contributed by atoms with Crippen LogP contribution in [0.3, 0.4) is 0 Å². The fourth-order valence-corrected chi connectivity index (χ4v) is 2.32. The van der Waals surface area contributed by atoms with Crippen molar-refractivity contribution in [3.05, 3.63) is 41.4 Å². The highest BCUT2D eigenvalue weighted by Crippen LogP contribution is 2.12. The van der Waals surface area contributed by atoms with Gasteiger partial charge in [0, 0.05) is 45.1 Å². The van der Waals surface area contributed by atoms with E-state index < -0.39 is 0 Å². The Labute approximate surface area is 122 Å². The molecule has 2 aromatic heterocycles. The maximum atomic E-state index is 5.73. The molecule has 0 aromatic carbocycles. The molecule has 1 saturated heterocycles. The zero-order chi connectivity index (χ0) is 13.8. The average molecular weight is 291 g/mol. The molecule has 20 heavy (non-hydrogen) atoms. The van der Waals surface area contributed by atoms with E-state index in [-0.39, 0.29) is 0 Å². The van der Waals surface area contributed by atoms with Gasteiger partial charge in [0.15, 0.2) is 5.15 Å². The van der Waals surface area contributed by atoms with Gasteiger partial charge in [0.25, 0.3) is 0 Å². The first-order valence-electron chi connectivity index (χ1n) is 6.54. The van der Waals surface area contributed by atoms with Crippen LogP contribution in [0.5, 0.6) is 0 Å². The summed E-state index contributed by atoms with van der Waals surface area (Å²) < 4.78 is 0. The van der Waals surface area contributed by atoms with E-state index in [9.17, 15) is 0 Å². The number of rotatable bonds is 3. The molecule has 0 radical (unpaired) electrons. The normalized spacial score (nSPS) is 16.4. The summed E-state index contributed by atoms with van der Waals surface area (Å²) in [7, 11) is 0. The highest BCUT2D eigenvalue weighted by Gasteiger charge is 2.19. The van der Waals surface area contributed by atoms with Crippen molar-refractivity contribution < 1.29 is 0 Å². The van der Waals surface area contributed by atoms with Crippen LogP contribution in [0, 0.1) is 0 Å². The summed E-state index contributed by atoms with van der Waals surface area (Å²) in [5.74, 6) is 0.804. The molecule has 3 rings (SSSR count). The van der Waals surface area contributed by atoms with Gasteiger partial charge in [-0.2, -0.15) is 5.10 Å². The first-order valence-corrected chi connectivity index (χ1v) is 6.91. The number of halogens is 1. The van der Waals surface area contributed by atoms with E-state index in [0.29, 0.717) is 5.15 Å². The molecule has 0 unspecified atom stereocenters. The van der Waals surface area contributed by atoms with Gasteiger partial charge in [0.2, 0.25) is 5.95 Å².